The maximum absolute atomic E-state index is 8.97. The zero-order chi connectivity index (χ0) is 12.6. The van der Waals surface area contributed by atoms with E-state index in [0.717, 1.165) is 24.9 Å². The zero-order valence-corrected chi connectivity index (χ0v) is 12.9. The van der Waals surface area contributed by atoms with Crippen molar-refractivity contribution in [1.29, 1.82) is 5.26 Å². The van der Waals surface area contributed by atoms with E-state index in [4.69, 9.17) is 11.0 Å². The first-order chi connectivity index (χ1) is 8.02. The standard InChI is InChI=1S/C12H8Br2N2S/c1-6-11(16)10(5-15)17-12(6)7-2-8(13)4-9(14)3-7/h2-4H,16H2,1H3. The topological polar surface area (TPSA) is 49.8 Å². The average Bonchev–Trinajstić information content (AvgIpc) is 2.54. The van der Waals surface area contributed by atoms with Crippen LogP contribution in [0.5, 0.6) is 0 Å². The fourth-order valence-electron chi connectivity index (χ4n) is 1.57. The van der Waals surface area contributed by atoms with Crippen molar-refractivity contribution >= 4 is 48.9 Å². The van der Waals surface area contributed by atoms with E-state index in [-0.39, 0.29) is 0 Å². The average molecular weight is 372 g/mol. The molecule has 86 valence electrons. The van der Waals surface area contributed by atoms with E-state index in [1.165, 1.54) is 11.3 Å². The van der Waals surface area contributed by atoms with Crippen LogP contribution in [0.25, 0.3) is 10.4 Å². The van der Waals surface area contributed by atoms with Crippen molar-refractivity contribution in [1.82, 2.24) is 0 Å². The fraction of sp³-hybridized carbons (Fsp3) is 0.0833. The van der Waals surface area contributed by atoms with Gasteiger partial charge in [-0.05, 0) is 36.2 Å². The number of rotatable bonds is 1. The Morgan fingerprint density at radius 1 is 1.24 bits per heavy atom. The molecule has 2 aromatic rings. The molecule has 1 heterocycles. The molecule has 2 nitrogen and oxygen atoms in total. The van der Waals surface area contributed by atoms with Crippen LogP contribution >= 0.6 is 43.2 Å². The van der Waals surface area contributed by atoms with Gasteiger partial charge in [-0.25, -0.2) is 0 Å². The van der Waals surface area contributed by atoms with E-state index in [2.05, 4.69) is 37.9 Å². The van der Waals surface area contributed by atoms with Crippen LogP contribution in [0.4, 0.5) is 5.69 Å². The highest BCUT2D eigenvalue weighted by molar-refractivity contribution is 9.11. The van der Waals surface area contributed by atoms with Gasteiger partial charge in [-0.15, -0.1) is 11.3 Å². The predicted molar refractivity (Wildman–Crippen MR) is 79.0 cm³/mol. The predicted octanol–water partition coefficient (Wildman–Crippen LogP) is 4.70. The minimum Gasteiger partial charge on any atom is -0.397 e. The van der Waals surface area contributed by atoms with Crippen molar-refractivity contribution in [3.63, 3.8) is 0 Å². The van der Waals surface area contributed by atoms with E-state index in [1.807, 2.05) is 25.1 Å². The van der Waals surface area contributed by atoms with Crippen LogP contribution < -0.4 is 5.73 Å². The molecule has 17 heavy (non-hydrogen) atoms. The Bertz CT molecular complexity index is 606. The number of halogens is 2. The molecule has 0 atom stereocenters. The van der Waals surface area contributed by atoms with Crippen LogP contribution in [0, 0.1) is 18.3 Å². The lowest BCUT2D eigenvalue weighted by Crippen LogP contribution is -1.87. The summed E-state index contributed by atoms with van der Waals surface area (Å²) in [6, 6.07) is 8.13. The Morgan fingerprint density at radius 3 is 2.29 bits per heavy atom. The van der Waals surface area contributed by atoms with E-state index < -0.39 is 0 Å². The Labute approximate surface area is 120 Å². The smallest absolute Gasteiger partial charge is 0.128 e. The first-order valence-corrected chi connectivity index (χ1v) is 7.18. The van der Waals surface area contributed by atoms with Crippen molar-refractivity contribution in [2.45, 2.75) is 6.92 Å². The molecule has 1 aromatic carbocycles. The second-order valence-corrected chi connectivity index (χ2v) is 6.42. The van der Waals surface area contributed by atoms with Crippen LogP contribution in [0.3, 0.4) is 0 Å². The second-order valence-electron chi connectivity index (χ2n) is 3.57. The monoisotopic (exact) mass is 370 g/mol. The number of thiophene rings is 1. The molecule has 0 amide bonds. The van der Waals surface area contributed by atoms with Gasteiger partial charge in [-0.3, -0.25) is 0 Å². The minimum absolute atomic E-state index is 0.577. The van der Waals surface area contributed by atoms with Crippen LogP contribution in [0.1, 0.15) is 10.4 Å². The summed E-state index contributed by atoms with van der Waals surface area (Å²) in [5, 5.41) is 8.97. The van der Waals surface area contributed by atoms with Crippen molar-refractivity contribution < 1.29 is 0 Å². The molecule has 0 saturated heterocycles. The van der Waals surface area contributed by atoms with Crippen LogP contribution in [0.2, 0.25) is 0 Å². The van der Waals surface area contributed by atoms with E-state index in [0.29, 0.717) is 10.6 Å². The van der Waals surface area contributed by atoms with Gasteiger partial charge in [0.1, 0.15) is 10.9 Å². The lowest BCUT2D eigenvalue weighted by Gasteiger charge is -2.02. The summed E-state index contributed by atoms with van der Waals surface area (Å²) >= 11 is 8.34. The van der Waals surface area contributed by atoms with E-state index in [1.54, 1.807) is 0 Å². The molecule has 0 unspecified atom stereocenters. The minimum atomic E-state index is 0.577. The lowest BCUT2D eigenvalue weighted by molar-refractivity contribution is 1.49. The summed E-state index contributed by atoms with van der Waals surface area (Å²) in [4.78, 5) is 1.62. The molecule has 2 rings (SSSR count). The first kappa shape index (κ1) is 12.6. The van der Waals surface area contributed by atoms with Gasteiger partial charge in [0.25, 0.3) is 0 Å². The van der Waals surface area contributed by atoms with Gasteiger partial charge in [0, 0.05) is 13.8 Å². The molecule has 0 fully saturated rings. The van der Waals surface area contributed by atoms with E-state index in [9.17, 15) is 0 Å². The lowest BCUT2D eigenvalue weighted by atomic mass is 10.1. The van der Waals surface area contributed by atoms with Gasteiger partial charge in [0.05, 0.1) is 5.69 Å². The second kappa shape index (κ2) is 4.81. The molecule has 1 aromatic heterocycles. The van der Waals surface area contributed by atoms with Gasteiger partial charge in [-0.1, -0.05) is 31.9 Å². The number of anilines is 1. The van der Waals surface area contributed by atoms with Gasteiger partial charge < -0.3 is 5.73 Å². The number of benzene rings is 1. The Morgan fingerprint density at radius 2 is 1.82 bits per heavy atom. The number of hydrogen-bond donors (Lipinski definition) is 1. The molecule has 0 aliphatic carbocycles. The molecule has 2 N–H and O–H groups in total. The highest BCUT2D eigenvalue weighted by atomic mass is 79.9. The highest BCUT2D eigenvalue weighted by Gasteiger charge is 2.14. The largest absolute Gasteiger partial charge is 0.397 e. The highest BCUT2D eigenvalue weighted by Crippen LogP contribution is 2.39. The Kier molecular flexibility index (Phi) is 3.57. The first-order valence-electron chi connectivity index (χ1n) is 4.78. The van der Waals surface area contributed by atoms with Gasteiger partial charge >= 0.3 is 0 Å². The van der Waals surface area contributed by atoms with Gasteiger partial charge in [0.2, 0.25) is 0 Å². The summed E-state index contributed by atoms with van der Waals surface area (Å²) in [6.45, 7) is 1.94. The number of nitrogen functional groups attached to an aromatic ring is 1. The van der Waals surface area contributed by atoms with Crippen molar-refractivity contribution in [2.24, 2.45) is 0 Å². The number of hydrogen-bond acceptors (Lipinski definition) is 3. The van der Waals surface area contributed by atoms with Crippen molar-refractivity contribution in [2.75, 3.05) is 5.73 Å². The van der Waals surface area contributed by atoms with Crippen LogP contribution in [-0.4, -0.2) is 0 Å². The molecular formula is C12H8Br2N2S. The summed E-state index contributed by atoms with van der Waals surface area (Å²) in [5.41, 5.74) is 8.50. The maximum Gasteiger partial charge on any atom is 0.128 e. The molecular weight excluding hydrogens is 364 g/mol. The SMILES string of the molecule is Cc1c(-c2cc(Br)cc(Br)c2)sc(C#N)c1N. The van der Waals surface area contributed by atoms with Crippen LogP contribution in [-0.2, 0) is 0 Å². The molecule has 0 spiro atoms. The zero-order valence-electron chi connectivity index (χ0n) is 8.92. The molecule has 0 aliphatic rings. The van der Waals surface area contributed by atoms with Crippen LogP contribution in [0.15, 0.2) is 27.1 Å². The molecule has 5 heteroatoms. The summed E-state index contributed by atoms with van der Waals surface area (Å²) in [5.74, 6) is 0. The van der Waals surface area contributed by atoms with Gasteiger partial charge in [0.15, 0.2) is 0 Å². The van der Waals surface area contributed by atoms with Crippen molar-refractivity contribution in [3.8, 4) is 16.5 Å². The van der Waals surface area contributed by atoms with Gasteiger partial charge in [-0.2, -0.15) is 5.26 Å². The third-order valence-corrected chi connectivity index (χ3v) is 4.60. The number of nitriles is 1. The molecule has 0 saturated carbocycles. The quantitative estimate of drug-likeness (QED) is 0.789. The maximum atomic E-state index is 8.97. The third-order valence-electron chi connectivity index (χ3n) is 2.42. The number of nitrogens with two attached hydrogens (primary N) is 1. The molecule has 0 aliphatic heterocycles. The van der Waals surface area contributed by atoms with E-state index >= 15 is 0 Å². The Hall–Kier alpha value is -0.830. The summed E-state index contributed by atoms with van der Waals surface area (Å²) in [6.07, 6.45) is 0. The Balaban J connectivity index is 2.65. The molecule has 0 bridgehead atoms. The van der Waals surface area contributed by atoms with Crippen molar-refractivity contribution in [3.05, 3.63) is 37.6 Å². The summed E-state index contributed by atoms with van der Waals surface area (Å²) in [7, 11) is 0. The normalized spacial score (nSPS) is 10.2. The number of nitrogens with zero attached hydrogens (tertiary/aromatic N) is 1. The summed E-state index contributed by atoms with van der Waals surface area (Å²) < 4.78 is 1.98. The fourth-order valence-corrected chi connectivity index (χ4v) is 3.87. The molecule has 0 radical (unpaired) electrons. The third kappa shape index (κ3) is 2.39.